The van der Waals surface area contributed by atoms with Crippen molar-refractivity contribution >= 4 is 17.5 Å². The van der Waals surface area contributed by atoms with Crippen LogP contribution in [-0.2, 0) is 16.1 Å². The van der Waals surface area contributed by atoms with E-state index >= 15 is 0 Å². The Hall–Kier alpha value is -3.87. The molecule has 0 spiro atoms. The SMILES string of the molecule is CC(C)C(NC(=O)COc1ccccc1)C(=O)Nc1ccc(Cn2ccccc2=O)cc1. The fourth-order valence-corrected chi connectivity index (χ4v) is 3.12. The quantitative estimate of drug-likeness (QED) is 0.543. The predicted octanol–water partition coefficient (Wildman–Crippen LogP) is 3.05. The summed E-state index contributed by atoms with van der Waals surface area (Å²) in [4.78, 5) is 36.9. The number of ether oxygens (including phenoxy) is 1. The highest BCUT2D eigenvalue weighted by atomic mass is 16.5. The summed E-state index contributed by atoms with van der Waals surface area (Å²) >= 11 is 0. The Morgan fingerprint density at radius 1 is 0.938 bits per heavy atom. The largest absolute Gasteiger partial charge is 0.484 e. The van der Waals surface area contributed by atoms with E-state index in [0.717, 1.165) is 5.56 Å². The predicted molar refractivity (Wildman–Crippen MR) is 124 cm³/mol. The first-order valence-corrected chi connectivity index (χ1v) is 10.4. The molecule has 0 aliphatic rings. The molecule has 1 aromatic heterocycles. The van der Waals surface area contributed by atoms with Crippen LogP contribution in [0.3, 0.4) is 0 Å². The highest BCUT2D eigenvalue weighted by Gasteiger charge is 2.24. The lowest BCUT2D eigenvalue weighted by atomic mass is 10.0. The minimum Gasteiger partial charge on any atom is -0.484 e. The smallest absolute Gasteiger partial charge is 0.258 e. The molecule has 1 unspecified atom stereocenters. The van der Waals surface area contributed by atoms with Gasteiger partial charge in [0.1, 0.15) is 11.8 Å². The Morgan fingerprint density at radius 2 is 1.62 bits per heavy atom. The zero-order chi connectivity index (χ0) is 22.9. The molecule has 0 saturated carbocycles. The van der Waals surface area contributed by atoms with Crippen LogP contribution < -0.4 is 20.9 Å². The van der Waals surface area contributed by atoms with E-state index in [4.69, 9.17) is 4.74 Å². The van der Waals surface area contributed by atoms with Crippen molar-refractivity contribution in [1.82, 2.24) is 9.88 Å². The number of carbonyl (C=O) groups excluding carboxylic acids is 2. The molecular formula is C25H27N3O4. The number of hydrogen-bond donors (Lipinski definition) is 2. The van der Waals surface area contributed by atoms with E-state index in [9.17, 15) is 14.4 Å². The molecule has 1 heterocycles. The summed E-state index contributed by atoms with van der Waals surface area (Å²) in [5.74, 6) is -0.197. The minimum atomic E-state index is -0.704. The molecule has 7 nitrogen and oxygen atoms in total. The molecule has 166 valence electrons. The number of para-hydroxylation sites is 1. The highest BCUT2D eigenvalue weighted by Crippen LogP contribution is 2.13. The van der Waals surface area contributed by atoms with Crippen LogP contribution in [0.15, 0.2) is 83.8 Å². The second-order valence-corrected chi connectivity index (χ2v) is 7.74. The Kier molecular flexibility index (Phi) is 7.80. The molecule has 32 heavy (non-hydrogen) atoms. The lowest BCUT2D eigenvalue weighted by Gasteiger charge is -2.22. The van der Waals surface area contributed by atoms with Crippen molar-refractivity contribution in [3.63, 3.8) is 0 Å². The van der Waals surface area contributed by atoms with Gasteiger partial charge in [-0.2, -0.15) is 0 Å². The van der Waals surface area contributed by atoms with Crippen LogP contribution in [0, 0.1) is 5.92 Å². The van der Waals surface area contributed by atoms with Gasteiger partial charge < -0.3 is 19.9 Å². The van der Waals surface area contributed by atoms with Crippen LogP contribution in [0.25, 0.3) is 0 Å². The van der Waals surface area contributed by atoms with Gasteiger partial charge in [-0.3, -0.25) is 14.4 Å². The average Bonchev–Trinajstić information content (AvgIpc) is 2.79. The van der Waals surface area contributed by atoms with Crippen molar-refractivity contribution < 1.29 is 14.3 Å². The van der Waals surface area contributed by atoms with E-state index in [0.29, 0.717) is 18.0 Å². The highest BCUT2D eigenvalue weighted by molar-refractivity contribution is 5.97. The van der Waals surface area contributed by atoms with Gasteiger partial charge in [-0.15, -0.1) is 0 Å². The Morgan fingerprint density at radius 3 is 2.28 bits per heavy atom. The third-order valence-corrected chi connectivity index (χ3v) is 4.85. The maximum Gasteiger partial charge on any atom is 0.258 e. The maximum atomic E-state index is 12.8. The van der Waals surface area contributed by atoms with Gasteiger partial charge in [-0.05, 0) is 41.8 Å². The summed E-state index contributed by atoms with van der Waals surface area (Å²) in [5, 5.41) is 5.58. The van der Waals surface area contributed by atoms with Gasteiger partial charge in [0.2, 0.25) is 5.91 Å². The van der Waals surface area contributed by atoms with Gasteiger partial charge in [0.25, 0.3) is 11.5 Å². The molecule has 0 bridgehead atoms. The van der Waals surface area contributed by atoms with Gasteiger partial charge in [-0.1, -0.05) is 50.2 Å². The molecule has 2 N–H and O–H groups in total. The van der Waals surface area contributed by atoms with Crippen molar-refractivity contribution in [3.05, 3.63) is 94.9 Å². The van der Waals surface area contributed by atoms with Crippen LogP contribution in [0.2, 0.25) is 0 Å². The first-order valence-electron chi connectivity index (χ1n) is 10.4. The van der Waals surface area contributed by atoms with Crippen molar-refractivity contribution in [1.29, 1.82) is 0 Å². The summed E-state index contributed by atoms with van der Waals surface area (Å²) in [5.41, 5.74) is 1.47. The van der Waals surface area contributed by atoms with Crippen LogP contribution in [0.1, 0.15) is 19.4 Å². The van der Waals surface area contributed by atoms with Gasteiger partial charge in [-0.25, -0.2) is 0 Å². The van der Waals surface area contributed by atoms with E-state index in [-0.39, 0.29) is 29.9 Å². The van der Waals surface area contributed by atoms with Crippen LogP contribution in [-0.4, -0.2) is 29.0 Å². The van der Waals surface area contributed by atoms with Crippen LogP contribution >= 0.6 is 0 Å². The summed E-state index contributed by atoms with van der Waals surface area (Å²) in [6.07, 6.45) is 1.73. The molecule has 3 aromatic rings. The normalized spacial score (nSPS) is 11.6. The molecule has 0 aliphatic heterocycles. The number of rotatable bonds is 9. The van der Waals surface area contributed by atoms with E-state index in [1.807, 2.05) is 44.2 Å². The summed E-state index contributed by atoms with van der Waals surface area (Å²) < 4.78 is 7.06. The molecule has 1 atom stereocenters. The molecule has 0 saturated heterocycles. The topological polar surface area (TPSA) is 89.4 Å². The fourth-order valence-electron chi connectivity index (χ4n) is 3.12. The number of nitrogens with zero attached hydrogens (tertiary/aromatic N) is 1. The minimum absolute atomic E-state index is 0.0726. The second-order valence-electron chi connectivity index (χ2n) is 7.74. The Bertz CT molecular complexity index is 1090. The monoisotopic (exact) mass is 433 g/mol. The molecule has 0 aliphatic carbocycles. The van der Waals surface area contributed by atoms with Gasteiger partial charge in [0.15, 0.2) is 6.61 Å². The molecule has 2 aromatic carbocycles. The number of hydrogen-bond acceptors (Lipinski definition) is 4. The third-order valence-electron chi connectivity index (χ3n) is 4.85. The first-order chi connectivity index (χ1) is 15.4. The molecule has 7 heteroatoms. The van der Waals surface area contributed by atoms with Gasteiger partial charge in [0, 0.05) is 18.0 Å². The number of anilines is 1. The van der Waals surface area contributed by atoms with Crippen molar-refractivity contribution in [2.75, 3.05) is 11.9 Å². The van der Waals surface area contributed by atoms with E-state index < -0.39 is 6.04 Å². The van der Waals surface area contributed by atoms with E-state index in [1.54, 1.807) is 47.2 Å². The lowest BCUT2D eigenvalue weighted by Crippen LogP contribution is -2.48. The third kappa shape index (κ3) is 6.57. The van der Waals surface area contributed by atoms with Crippen LogP contribution in [0.4, 0.5) is 5.69 Å². The molecule has 3 rings (SSSR count). The standard InChI is InChI=1S/C25H27N3O4/c1-18(2)24(27-22(29)17-32-21-8-4-3-5-9-21)25(31)26-20-13-11-19(12-14-20)16-28-15-7-6-10-23(28)30/h3-15,18,24H,16-17H2,1-2H3,(H,26,31)(H,27,29). The van der Waals surface area contributed by atoms with Gasteiger partial charge in [0.05, 0.1) is 6.54 Å². The van der Waals surface area contributed by atoms with Gasteiger partial charge >= 0.3 is 0 Å². The lowest BCUT2D eigenvalue weighted by molar-refractivity contribution is -0.128. The fraction of sp³-hybridized carbons (Fsp3) is 0.240. The second kappa shape index (κ2) is 10.9. The number of aromatic nitrogens is 1. The number of amides is 2. The first kappa shape index (κ1) is 22.8. The zero-order valence-corrected chi connectivity index (χ0v) is 18.2. The van der Waals surface area contributed by atoms with E-state index in [1.165, 1.54) is 6.07 Å². The van der Waals surface area contributed by atoms with E-state index in [2.05, 4.69) is 10.6 Å². The number of benzene rings is 2. The number of carbonyl (C=O) groups is 2. The zero-order valence-electron chi connectivity index (χ0n) is 18.2. The summed E-state index contributed by atoms with van der Waals surface area (Å²) in [6.45, 7) is 4.00. The Balaban J connectivity index is 1.56. The summed E-state index contributed by atoms with van der Waals surface area (Å²) in [6, 6.07) is 20.6. The summed E-state index contributed by atoms with van der Waals surface area (Å²) in [7, 11) is 0. The number of pyridine rings is 1. The Labute approximate surface area is 187 Å². The molecular weight excluding hydrogens is 406 g/mol. The average molecular weight is 434 g/mol. The van der Waals surface area contributed by atoms with Crippen molar-refractivity contribution in [3.8, 4) is 5.75 Å². The molecule has 0 fully saturated rings. The van der Waals surface area contributed by atoms with Crippen molar-refractivity contribution in [2.24, 2.45) is 5.92 Å². The molecule has 2 amide bonds. The molecule has 0 radical (unpaired) electrons. The maximum absolute atomic E-state index is 12.8. The number of nitrogens with one attached hydrogen (secondary N) is 2. The van der Waals surface area contributed by atoms with Crippen molar-refractivity contribution in [2.45, 2.75) is 26.4 Å². The van der Waals surface area contributed by atoms with Crippen LogP contribution in [0.5, 0.6) is 5.75 Å².